The zero-order chi connectivity index (χ0) is 19.9. The molecule has 1 aromatic carbocycles. The van der Waals surface area contributed by atoms with Gasteiger partial charge in [0.1, 0.15) is 19.9 Å². The van der Waals surface area contributed by atoms with Crippen molar-refractivity contribution in [1.82, 2.24) is 0 Å². The number of phenols is 1. The lowest BCUT2D eigenvalue weighted by Gasteiger charge is -2.50. The van der Waals surface area contributed by atoms with Gasteiger partial charge in [0.05, 0.1) is 5.56 Å². The molecule has 0 unspecified atom stereocenters. The Morgan fingerprint density at radius 2 is 1.82 bits per heavy atom. The Bertz CT molecular complexity index is 816. The molecule has 3 saturated heterocycles. The third-order valence-corrected chi connectivity index (χ3v) is 7.89. The minimum atomic E-state index is -1.52. The number of benzene rings is 1. The van der Waals surface area contributed by atoms with E-state index in [-0.39, 0.29) is 17.8 Å². The van der Waals surface area contributed by atoms with E-state index in [1.54, 1.807) is 6.07 Å². The number of carbonyl (C=O) groups excluding carboxylic acids is 1. The first-order valence-electron chi connectivity index (χ1n) is 10.9. The van der Waals surface area contributed by atoms with Crippen LogP contribution in [0.4, 0.5) is 0 Å². The van der Waals surface area contributed by atoms with Crippen molar-refractivity contribution in [2.24, 2.45) is 0 Å². The van der Waals surface area contributed by atoms with Crippen molar-refractivity contribution in [3.8, 4) is 17.2 Å². The van der Waals surface area contributed by atoms with Gasteiger partial charge in [-0.15, -0.1) is 5.54 Å². The van der Waals surface area contributed by atoms with Crippen LogP contribution >= 0.6 is 0 Å². The fraction of sp³-hybridized carbons (Fsp3) is 0.591. The molecule has 0 saturated carbocycles. The number of quaternary nitrogens is 1. The predicted octanol–water partition coefficient (Wildman–Crippen LogP) is 3.20. The van der Waals surface area contributed by atoms with Crippen LogP contribution in [-0.2, 0) is 15.9 Å². The molecule has 150 valence electrons. The minimum absolute atomic E-state index is 0.0402. The normalized spacial score (nSPS) is 32.0. The average molecular weight is 397 g/mol. The number of hydrogen-bond donors (Lipinski definition) is 2. The highest BCUT2D eigenvalue weighted by molar-refractivity contribution is 6.83. The molecule has 28 heavy (non-hydrogen) atoms. The fourth-order valence-electron chi connectivity index (χ4n) is 5.75. The maximum atomic E-state index is 12.8. The van der Waals surface area contributed by atoms with Crippen LogP contribution in [0.1, 0.15) is 49.7 Å². The van der Waals surface area contributed by atoms with Crippen LogP contribution in [0.15, 0.2) is 18.2 Å². The van der Waals surface area contributed by atoms with E-state index in [4.69, 9.17) is 4.65 Å². The van der Waals surface area contributed by atoms with Crippen molar-refractivity contribution in [2.75, 3.05) is 0 Å². The maximum Gasteiger partial charge on any atom is 0.389 e. The SMILES string of the molecule is C[Si](C)(C)C#Cc1cc(C[C@@H]2[NH2+][B-]3(OC2=O)C2CCCC3CCC2)ccc1O. The Morgan fingerprint density at radius 3 is 2.43 bits per heavy atom. The van der Waals surface area contributed by atoms with Gasteiger partial charge in [-0.05, 0) is 17.7 Å². The second kappa shape index (κ2) is 7.28. The quantitative estimate of drug-likeness (QED) is 0.595. The summed E-state index contributed by atoms with van der Waals surface area (Å²) in [6, 6.07) is 5.41. The number of carbonyl (C=O) groups is 1. The van der Waals surface area contributed by atoms with Crippen LogP contribution in [0.25, 0.3) is 0 Å². The van der Waals surface area contributed by atoms with Crippen LogP contribution in [0.3, 0.4) is 0 Å². The summed E-state index contributed by atoms with van der Waals surface area (Å²) in [5.74, 6) is 4.47. The van der Waals surface area contributed by atoms with Crippen molar-refractivity contribution < 1.29 is 19.8 Å². The maximum absolute atomic E-state index is 12.8. The lowest BCUT2D eigenvalue weighted by molar-refractivity contribution is -0.559. The molecule has 3 aliphatic heterocycles. The highest BCUT2D eigenvalue weighted by atomic mass is 28.3. The highest BCUT2D eigenvalue weighted by Gasteiger charge is 2.59. The van der Waals surface area contributed by atoms with Gasteiger partial charge in [-0.1, -0.05) is 81.8 Å². The number of rotatable bonds is 2. The molecule has 3 fully saturated rings. The zero-order valence-corrected chi connectivity index (χ0v) is 18.3. The standard InChI is InChI=1S/C22H32BNO3Si/c1-28(2,3)13-12-17-14-16(10-11-21(17)25)15-20-22(26)27-23(24-20)18-6-4-7-19(23)9-5-8-18/h10-11,14,18-20,25H,4-9,15,24H2,1-3H3/t18?,19?,20-,23?/m0/s1. The highest BCUT2D eigenvalue weighted by Crippen LogP contribution is 2.51. The van der Waals surface area contributed by atoms with E-state index in [0.29, 0.717) is 23.6 Å². The molecule has 3 aliphatic rings. The molecular formula is C22H32BNO3Si. The molecule has 0 aromatic heterocycles. The van der Waals surface area contributed by atoms with Gasteiger partial charge in [0.25, 0.3) is 0 Å². The fourth-order valence-corrected chi connectivity index (χ4v) is 6.26. The lowest BCUT2D eigenvalue weighted by Crippen LogP contribution is -3.04. The Hall–Kier alpha value is -1.71. The van der Waals surface area contributed by atoms with E-state index in [1.807, 2.05) is 12.1 Å². The van der Waals surface area contributed by atoms with Gasteiger partial charge in [0.2, 0.25) is 0 Å². The zero-order valence-electron chi connectivity index (χ0n) is 17.3. The van der Waals surface area contributed by atoms with Gasteiger partial charge in [-0.3, -0.25) is 4.79 Å². The van der Waals surface area contributed by atoms with Crippen molar-refractivity contribution in [3.63, 3.8) is 0 Å². The van der Waals surface area contributed by atoms with Crippen molar-refractivity contribution in [2.45, 2.75) is 82.3 Å². The molecule has 2 bridgehead atoms. The van der Waals surface area contributed by atoms with Gasteiger partial charge in [0.15, 0.2) is 0 Å². The summed E-state index contributed by atoms with van der Waals surface area (Å²) >= 11 is 0. The van der Waals surface area contributed by atoms with Crippen LogP contribution in [0, 0.1) is 11.5 Å². The van der Waals surface area contributed by atoms with Crippen molar-refractivity contribution in [1.29, 1.82) is 0 Å². The van der Waals surface area contributed by atoms with Gasteiger partial charge in [0, 0.05) is 6.42 Å². The molecule has 1 spiro atoms. The Morgan fingerprint density at radius 1 is 1.18 bits per heavy atom. The molecule has 1 atom stereocenters. The van der Waals surface area contributed by atoms with Gasteiger partial charge in [-0.2, -0.15) is 0 Å². The molecule has 3 heterocycles. The summed E-state index contributed by atoms with van der Waals surface area (Å²) in [4.78, 5) is 12.8. The minimum Gasteiger partial charge on any atom is -0.634 e. The first-order chi connectivity index (χ1) is 13.3. The number of hydrogen-bond acceptors (Lipinski definition) is 3. The molecular weight excluding hydrogens is 365 g/mol. The average Bonchev–Trinajstić information content (AvgIpc) is 2.90. The third kappa shape index (κ3) is 3.75. The lowest BCUT2D eigenvalue weighted by atomic mass is 9.28. The molecule has 0 radical (unpaired) electrons. The summed E-state index contributed by atoms with van der Waals surface area (Å²) in [5, 5.41) is 12.5. The van der Waals surface area contributed by atoms with Gasteiger partial charge >= 0.3 is 12.5 Å². The second-order valence-electron chi connectivity index (χ2n) is 10.2. The van der Waals surface area contributed by atoms with Gasteiger partial charge < -0.3 is 15.0 Å². The topological polar surface area (TPSA) is 63.1 Å². The van der Waals surface area contributed by atoms with Gasteiger partial charge in [-0.25, -0.2) is 0 Å². The van der Waals surface area contributed by atoms with Crippen molar-refractivity contribution >= 4 is 20.5 Å². The Balaban J connectivity index is 1.53. The van der Waals surface area contributed by atoms with Crippen LogP contribution in [0.2, 0.25) is 31.3 Å². The van der Waals surface area contributed by atoms with E-state index in [1.165, 1.54) is 38.5 Å². The van der Waals surface area contributed by atoms with E-state index in [9.17, 15) is 9.90 Å². The molecule has 0 aliphatic carbocycles. The Kier molecular flexibility index (Phi) is 5.09. The summed E-state index contributed by atoms with van der Waals surface area (Å²) in [6.45, 7) is 5.47. The second-order valence-corrected chi connectivity index (χ2v) is 14.9. The number of nitrogens with two attached hydrogens (primary N) is 1. The van der Waals surface area contributed by atoms with E-state index < -0.39 is 14.6 Å². The predicted molar refractivity (Wildman–Crippen MR) is 115 cm³/mol. The van der Waals surface area contributed by atoms with Crippen molar-refractivity contribution in [3.05, 3.63) is 29.3 Å². The molecule has 3 N–H and O–H groups in total. The molecule has 4 nitrogen and oxygen atoms in total. The summed E-state index contributed by atoms with van der Waals surface area (Å²) in [7, 11) is -1.52. The Labute approximate surface area is 169 Å². The van der Waals surface area contributed by atoms with E-state index >= 15 is 0 Å². The largest absolute Gasteiger partial charge is 0.634 e. The number of phenolic OH excluding ortho intramolecular Hbond substituents is 1. The summed E-state index contributed by atoms with van der Waals surface area (Å²) < 4.78 is 6.18. The van der Waals surface area contributed by atoms with Crippen LogP contribution < -0.4 is 5.23 Å². The molecule has 0 amide bonds. The first kappa shape index (κ1) is 19.6. The first-order valence-corrected chi connectivity index (χ1v) is 14.4. The molecule has 4 rings (SSSR count). The van der Waals surface area contributed by atoms with E-state index in [2.05, 4.69) is 36.3 Å². The monoisotopic (exact) mass is 397 g/mol. The third-order valence-electron chi connectivity index (χ3n) is 7.02. The molecule has 1 aromatic rings. The number of aromatic hydroxyl groups is 1. The molecule has 6 heteroatoms. The summed E-state index contributed by atoms with van der Waals surface area (Å²) in [6.07, 6.45) is 8.05. The summed E-state index contributed by atoms with van der Waals surface area (Å²) in [5.41, 5.74) is 5.03. The van der Waals surface area contributed by atoms with Crippen LogP contribution in [0.5, 0.6) is 5.75 Å². The smallest absolute Gasteiger partial charge is 0.389 e. The van der Waals surface area contributed by atoms with Crippen LogP contribution in [-0.4, -0.2) is 31.7 Å². The van der Waals surface area contributed by atoms with E-state index in [0.717, 1.165) is 5.56 Å².